The van der Waals surface area contributed by atoms with E-state index in [1.165, 1.54) is 13.0 Å². The first-order chi connectivity index (χ1) is 4.33. The molecule has 0 spiro atoms. The second-order valence-corrected chi connectivity index (χ2v) is 2.75. The maximum absolute atomic E-state index is 4.94. The van der Waals surface area contributed by atoms with Gasteiger partial charge in [0.15, 0.2) is 0 Å². The number of hydrogen-bond acceptors (Lipinski definition) is 3. The van der Waals surface area contributed by atoms with E-state index in [1.807, 2.05) is 0 Å². The molecule has 0 bridgehead atoms. The normalized spacial score (nSPS) is 29.3. The third kappa shape index (κ3) is 1.93. The first kappa shape index (κ1) is 6.99. The maximum Gasteiger partial charge on any atom is 0.0720 e. The van der Waals surface area contributed by atoms with Crippen LogP contribution in [0, 0.1) is 5.92 Å². The number of hydrogen-bond donors (Lipinski definition) is 1. The Morgan fingerprint density at radius 1 is 1.78 bits per heavy atom. The van der Waals surface area contributed by atoms with Crippen LogP contribution in [-0.4, -0.2) is 31.6 Å². The zero-order valence-electron chi connectivity index (χ0n) is 5.84. The van der Waals surface area contributed by atoms with Gasteiger partial charge in [0.25, 0.3) is 0 Å². The maximum atomic E-state index is 4.94. The quantitative estimate of drug-likeness (QED) is 0.527. The molecule has 0 radical (unpaired) electrons. The van der Waals surface area contributed by atoms with Gasteiger partial charge in [-0.1, -0.05) is 0 Å². The number of rotatable bonds is 2. The van der Waals surface area contributed by atoms with Crippen LogP contribution in [-0.2, 0) is 4.84 Å². The SMILES string of the molecule is CN1CC[C@@H](CON)C1. The highest BCUT2D eigenvalue weighted by molar-refractivity contribution is 4.71. The summed E-state index contributed by atoms with van der Waals surface area (Å²) in [5.41, 5.74) is 0. The van der Waals surface area contributed by atoms with Crippen molar-refractivity contribution in [3.05, 3.63) is 0 Å². The van der Waals surface area contributed by atoms with E-state index in [1.54, 1.807) is 0 Å². The summed E-state index contributed by atoms with van der Waals surface area (Å²) >= 11 is 0. The van der Waals surface area contributed by atoms with E-state index in [2.05, 4.69) is 16.8 Å². The van der Waals surface area contributed by atoms with Crippen molar-refractivity contribution in [3.8, 4) is 0 Å². The highest BCUT2D eigenvalue weighted by Crippen LogP contribution is 2.13. The summed E-state index contributed by atoms with van der Waals surface area (Å²) in [6.07, 6.45) is 1.23. The third-order valence-corrected chi connectivity index (χ3v) is 1.82. The van der Waals surface area contributed by atoms with Gasteiger partial charge in [0.1, 0.15) is 0 Å². The van der Waals surface area contributed by atoms with Gasteiger partial charge in [-0.15, -0.1) is 0 Å². The van der Waals surface area contributed by atoms with Crippen LogP contribution >= 0.6 is 0 Å². The molecule has 0 amide bonds. The summed E-state index contributed by atoms with van der Waals surface area (Å²) in [6.45, 7) is 3.04. The highest BCUT2D eigenvalue weighted by Gasteiger charge is 2.18. The zero-order chi connectivity index (χ0) is 6.69. The Morgan fingerprint density at radius 2 is 2.56 bits per heavy atom. The van der Waals surface area contributed by atoms with Crippen molar-refractivity contribution in [1.82, 2.24) is 4.90 Å². The molecule has 0 aromatic heterocycles. The van der Waals surface area contributed by atoms with E-state index in [-0.39, 0.29) is 0 Å². The lowest BCUT2D eigenvalue weighted by Crippen LogP contribution is -2.18. The predicted octanol–water partition coefficient (Wildman–Crippen LogP) is -0.172. The molecule has 0 aromatic rings. The molecule has 1 fully saturated rings. The molecule has 1 atom stereocenters. The molecular formula is C6H14N2O. The average molecular weight is 130 g/mol. The van der Waals surface area contributed by atoms with Crippen molar-refractivity contribution in [2.24, 2.45) is 11.8 Å². The van der Waals surface area contributed by atoms with E-state index < -0.39 is 0 Å². The fourth-order valence-corrected chi connectivity index (χ4v) is 1.30. The van der Waals surface area contributed by atoms with Gasteiger partial charge < -0.3 is 9.74 Å². The lowest BCUT2D eigenvalue weighted by molar-refractivity contribution is 0.104. The summed E-state index contributed by atoms with van der Waals surface area (Å²) < 4.78 is 0. The Labute approximate surface area is 55.7 Å². The van der Waals surface area contributed by atoms with Crippen molar-refractivity contribution in [3.63, 3.8) is 0 Å². The van der Waals surface area contributed by atoms with Crippen LogP contribution in [0.3, 0.4) is 0 Å². The van der Waals surface area contributed by atoms with Gasteiger partial charge in [-0.3, -0.25) is 0 Å². The lowest BCUT2D eigenvalue weighted by Gasteiger charge is -2.07. The molecule has 3 heteroatoms. The summed E-state index contributed by atoms with van der Waals surface area (Å²) in [6, 6.07) is 0. The average Bonchev–Trinajstić information content (AvgIpc) is 2.17. The lowest BCUT2D eigenvalue weighted by atomic mass is 10.1. The van der Waals surface area contributed by atoms with E-state index >= 15 is 0 Å². The van der Waals surface area contributed by atoms with Crippen molar-refractivity contribution in [2.45, 2.75) is 6.42 Å². The fraction of sp³-hybridized carbons (Fsp3) is 1.00. The van der Waals surface area contributed by atoms with Crippen LogP contribution in [0.15, 0.2) is 0 Å². The van der Waals surface area contributed by atoms with Gasteiger partial charge in [-0.25, -0.2) is 5.90 Å². The standard InChI is InChI=1S/C6H14N2O/c1-8-3-2-6(4-8)5-9-7/h6H,2-5,7H2,1H3/t6-/m1/s1. The van der Waals surface area contributed by atoms with Crippen molar-refractivity contribution in [1.29, 1.82) is 0 Å². The summed E-state index contributed by atoms with van der Waals surface area (Å²) in [7, 11) is 2.12. The summed E-state index contributed by atoms with van der Waals surface area (Å²) in [4.78, 5) is 6.84. The minimum absolute atomic E-state index is 0.667. The molecule has 1 aliphatic rings. The third-order valence-electron chi connectivity index (χ3n) is 1.82. The van der Waals surface area contributed by atoms with Gasteiger partial charge in [-0.2, -0.15) is 0 Å². The minimum atomic E-state index is 0.667. The zero-order valence-corrected chi connectivity index (χ0v) is 5.84. The van der Waals surface area contributed by atoms with E-state index in [0.29, 0.717) is 12.5 Å². The topological polar surface area (TPSA) is 38.5 Å². The Bertz CT molecular complexity index is 85.1. The first-order valence-corrected chi connectivity index (χ1v) is 3.33. The molecule has 0 saturated carbocycles. The van der Waals surface area contributed by atoms with Crippen molar-refractivity contribution >= 4 is 0 Å². The number of nitrogens with zero attached hydrogens (tertiary/aromatic N) is 1. The fourth-order valence-electron chi connectivity index (χ4n) is 1.30. The van der Waals surface area contributed by atoms with E-state index in [0.717, 1.165) is 6.54 Å². The monoisotopic (exact) mass is 130 g/mol. The molecule has 1 heterocycles. The molecule has 2 N–H and O–H groups in total. The number of likely N-dealkylation sites (tertiary alicyclic amines) is 1. The van der Waals surface area contributed by atoms with Crippen molar-refractivity contribution < 1.29 is 4.84 Å². The predicted molar refractivity (Wildman–Crippen MR) is 35.7 cm³/mol. The van der Waals surface area contributed by atoms with Gasteiger partial charge in [0, 0.05) is 6.54 Å². The molecule has 0 aliphatic carbocycles. The first-order valence-electron chi connectivity index (χ1n) is 3.33. The van der Waals surface area contributed by atoms with Crippen LogP contribution in [0.4, 0.5) is 0 Å². The van der Waals surface area contributed by atoms with Crippen LogP contribution in [0.5, 0.6) is 0 Å². The molecule has 1 rings (SSSR count). The molecule has 0 aromatic carbocycles. The summed E-state index contributed by atoms with van der Waals surface area (Å²) in [5.74, 6) is 5.60. The minimum Gasteiger partial charge on any atom is -0.306 e. The molecule has 1 aliphatic heterocycles. The molecular weight excluding hydrogens is 116 g/mol. The summed E-state index contributed by atoms with van der Waals surface area (Å²) in [5, 5.41) is 0. The van der Waals surface area contributed by atoms with Gasteiger partial charge >= 0.3 is 0 Å². The second-order valence-electron chi connectivity index (χ2n) is 2.75. The van der Waals surface area contributed by atoms with Crippen LogP contribution in [0.2, 0.25) is 0 Å². The molecule has 0 unspecified atom stereocenters. The molecule has 9 heavy (non-hydrogen) atoms. The Balaban J connectivity index is 2.14. The Hall–Kier alpha value is -0.120. The number of nitrogens with two attached hydrogens (primary N) is 1. The second kappa shape index (κ2) is 3.15. The van der Waals surface area contributed by atoms with E-state index in [9.17, 15) is 0 Å². The van der Waals surface area contributed by atoms with Crippen LogP contribution in [0.1, 0.15) is 6.42 Å². The molecule has 54 valence electrons. The Morgan fingerprint density at radius 3 is 3.00 bits per heavy atom. The molecule has 3 nitrogen and oxygen atoms in total. The van der Waals surface area contributed by atoms with Gasteiger partial charge in [-0.05, 0) is 25.9 Å². The Kier molecular flexibility index (Phi) is 2.45. The smallest absolute Gasteiger partial charge is 0.0720 e. The van der Waals surface area contributed by atoms with E-state index in [4.69, 9.17) is 5.90 Å². The van der Waals surface area contributed by atoms with Crippen LogP contribution < -0.4 is 5.90 Å². The van der Waals surface area contributed by atoms with Gasteiger partial charge in [0.05, 0.1) is 6.61 Å². The highest BCUT2D eigenvalue weighted by atomic mass is 16.6. The van der Waals surface area contributed by atoms with Crippen LogP contribution in [0.25, 0.3) is 0 Å². The largest absolute Gasteiger partial charge is 0.306 e. The van der Waals surface area contributed by atoms with Gasteiger partial charge in [0.2, 0.25) is 0 Å². The molecule has 1 saturated heterocycles. The van der Waals surface area contributed by atoms with Crippen molar-refractivity contribution in [2.75, 3.05) is 26.7 Å².